The molecule has 0 saturated carbocycles. The molecule has 7 rings (SSSR count). The average molecular weight is 550 g/mol. The second kappa shape index (κ2) is 10.1. The molecule has 0 spiro atoms. The molecule has 2 saturated heterocycles. The fourth-order valence-electron chi connectivity index (χ4n) is 6.18. The number of nitrogens with two attached hydrogens (primary N) is 1. The summed E-state index contributed by atoms with van der Waals surface area (Å²) < 4.78 is 7.49. The SMILES string of the molecule is Cc1cnc2ccc(-c3nc(C(=O)CCc4cccc(N5[C@@H]6CC[C@H]5CN(C)C6)n4)c(N)nc3-c3ncco3)cn12. The number of hydrogen-bond donors (Lipinski definition) is 1. The minimum absolute atomic E-state index is 0.0440. The first-order valence-corrected chi connectivity index (χ1v) is 13.9. The molecule has 2 aliphatic rings. The van der Waals surface area contributed by atoms with Gasteiger partial charge in [0.15, 0.2) is 17.3 Å². The summed E-state index contributed by atoms with van der Waals surface area (Å²) in [6.07, 6.45) is 9.79. The van der Waals surface area contributed by atoms with Gasteiger partial charge >= 0.3 is 0 Å². The lowest BCUT2D eigenvalue weighted by atomic mass is 10.1. The molecule has 11 nitrogen and oxygen atoms in total. The number of likely N-dealkylation sites (tertiary alicyclic amines) is 1. The number of oxazole rings is 1. The summed E-state index contributed by atoms with van der Waals surface area (Å²) in [5.41, 5.74) is 10.7. The topological polar surface area (TPSA) is 132 Å². The van der Waals surface area contributed by atoms with E-state index in [0.29, 0.717) is 29.9 Å². The van der Waals surface area contributed by atoms with E-state index < -0.39 is 0 Å². The van der Waals surface area contributed by atoms with Crippen LogP contribution < -0.4 is 10.6 Å². The summed E-state index contributed by atoms with van der Waals surface area (Å²) in [6, 6.07) is 10.9. The van der Waals surface area contributed by atoms with E-state index in [-0.39, 0.29) is 29.6 Å². The molecule has 2 bridgehead atoms. The number of carbonyl (C=O) groups is 1. The molecule has 0 amide bonds. The highest BCUT2D eigenvalue weighted by Gasteiger charge is 2.39. The molecule has 41 heavy (non-hydrogen) atoms. The monoisotopic (exact) mass is 549 g/mol. The average Bonchev–Trinajstić information content (AvgIpc) is 3.70. The van der Waals surface area contributed by atoms with Crippen LogP contribution in [-0.2, 0) is 6.42 Å². The maximum absolute atomic E-state index is 13.5. The van der Waals surface area contributed by atoms with E-state index in [4.69, 9.17) is 20.1 Å². The number of anilines is 2. The lowest BCUT2D eigenvalue weighted by molar-refractivity contribution is 0.0978. The van der Waals surface area contributed by atoms with Gasteiger partial charge in [0, 0.05) is 60.9 Å². The van der Waals surface area contributed by atoms with Gasteiger partial charge in [0.2, 0.25) is 5.89 Å². The summed E-state index contributed by atoms with van der Waals surface area (Å²) in [4.78, 5) is 41.3. The Kier molecular flexibility index (Phi) is 6.23. The normalized spacial score (nSPS) is 18.8. The minimum Gasteiger partial charge on any atom is -0.443 e. The van der Waals surface area contributed by atoms with Gasteiger partial charge in [-0.25, -0.2) is 24.9 Å². The highest BCUT2D eigenvalue weighted by molar-refractivity contribution is 5.99. The molecular formula is C30H31N9O2. The Balaban J connectivity index is 1.17. The second-order valence-corrected chi connectivity index (χ2v) is 11.0. The Bertz CT molecular complexity index is 1730. The lowest BCUT2D eigenvalue weighted by Gasteiger charge is -2.40. The van der Waals surface area contributed by atoms with Crippen molar-refractivity contribution in [3.05, 3.63) is 72.3 Å². The highest BCUT2D eigenvalue weighted by atomic mass is 16.3. The van der Waals surface area contributed by atoms with Crippen LogP contribution >= 0.6 is 0 Å². The minimum atomic E-state index is -0.193. The third kappa shape index (κ3) is 4.61. The zero-order valence-corrected chi connectivity index (χ0v) is 23.1. The number of rotatable bonds is 7. The predicted octanol–water partition coefficient (Wildman–Crippen LogP) is 3.83. The van der Waals surface area contributed by atoms with Crippen LogP contribution in [0.1, 0.15) is 41.1 Å². The van der Waals surface area contributed by atoms with Crippen LogP contribution in [-0.4, -0.2) is 72.2 Å². The zero-order chi connectivity index (χ0) is 28.1. The number of aromatic nitrogens is 6. The van der Waals surface area contributed by atoms with Crippen molar-refractivity contribution in [3.63, 3.8) is 0 Å². The summed E-state index contributed by atoms with van der Waals surface area (Å²) in [6.45, 7) is 4.08. The molecule has 0 radical (unpaired) electrons. The molecule has 2 N–H and O–H groups in total. The molecule has 0 unspecified atom stereocenters. The van der Waals surface area contributed by atoms with Gasteiger partial charge in [-0.1, -0.05) is 6.07 Å². The van der Waals surface area contributed by atoms with Crippen LogP contribution in [0.5, 0.6) is 0 Å². The summed E-state index contributed by atoms with van der Waals surface area (Å²) in [5, 5.41) is 0. The number of carbonyl (C=O) groups excluding carboxylic acids is 1. The number of fused-ring (bicyclic) bond motifs is 3. The molecule has 0 aliphatic carbocycles. The number of imidazole rings is 1. The van der Waals surface area contributed by atoms with Gasteiger partial charge in [-0.05, 0) is 57.5 Å². The largest absolute Gasteiger partial charge is 0.443 e. The Morgan fingerprint density at radius 2 is 1.88 bits per heavy atom. The lowest BCUT2D eigenvalue weighted by Crippen LogP contribution is -2.52. The van der Waals surface area contributed by atoms with Crippen molar-refractivity contribution < 1.29 is 9.21 Å². The quantitative estimate of drug-likeness (QED) is 0.299. The maximum Gasteiger partial charge on any atom is 0.247 e. The molecule has 2 atom stereocenters. The van der Waals surface area contributed by atoms with Gasteiger partial charge in [-0.3, -0.25) is 4.79 Å². The zero-order valence-electron chi connectivity index (χ0n) is 23.1. The number of nitrogens with zero attached hydrogens (tertiary/aromatic N) is 8. The van der Waals surface area contributed by atoms with Crippen molar-refractivity contribution >= 4 is 23.1 Å². The number of likely N-dealkylation sites (N-methyl/N-ethyl adjacent to an activating group) is 1. The number of nitrogen functional groups attached to an aromatic ring is 1. The first-order valence-electron chi connectivity index (χ1n) is 13.9. The van der Waals surface area contributed by atoms with Crippen LogP contribution in [0, 0.1) is 6.92 Å². The molecule has 2 aliphatic heterocycles. The molecule has 208 valence electrons. The summed E-state index contributed by atoms with van der Waals surface area (Å²) in [7, 11) is 2.19. The number of Topliss-reactive ketones (excluding diaryl/α,β-unsaturated/α-hetero) is 1. The number of aryl methyl sites for hydroxylation is 2. The Morgan fingerprint density at radius 1 is 1.05 bits per heavy atom. The van der Waals surface area contributed by atoms with Gasteiger partial charge in [-0.2, -0.15) is 0 Å². The van der Waals surface area contributed by atoms with Gasteiger partial charge in [0.05, 0.1) is 6.20 Å². The third-order valence-corrected chi connectivity index (χ3v) is 8.12. The van der Waals surface area contributed by atoms with E-state index in [1.807, 2.05) is 41.8 Å². The van der Waals surface area contributed by atoms with Crippen LogP contribution in [0.25, 0.3) is 28.5 Å². The van der Waals surface area contributed by atoms with Crippen molar-refractivity contribution in [2.45, 2.75) is 44.7 Å². The van der Waals surface area contributed by atoms with Crippen molar-refractivity contribution in [2.24, 2.45) is 0 Å². The molecule has 7 heterocycles. The van der Waals surface area contributed by atoms with Crippen LogP contribution in [0.4, 0.5) is 11.6 Å². The van der Waals surface area contributed by atoms with E-state index in [2.05, 4.69) is 37.9 Å². The second-order valence-electron chi connectivity index (χ2n) is 11.0. The fraction of sp³-hybridized carbons (Fsp3) is 0.333. The summed E-state index contributed by atoms with van der Waals surface area (Å²) >= 11 is 0. The summed E-state index contributed by atoms with van der Waals surface area (Å²) in [5.74, 6) is 1.13. The Labute approximate surface area is 237 Å². The fourth-order valence-corrected chi connectivity index (χ4v) is 6.18. The van der Waals surface area contributed by atoms with E-state index in [9.17, 15) is 4.79 Å². The number of ketones is 1. The molecule has 0 aromatic carbocycles. The number of pyridine rings is 2. The van der Waals surface area contributed by atoms with Crippen LogP contribution in [0.15, 0.2) is 59.6 Å². The number of hydrogen-bond acceptors (Lipinski definition) is 10. The van der Waals surface area contributed by atoms with Gasteiger partial charge < -0.3 is 24.4 Å². The smallest absolute Gasteiger partial charge is 0.247 e. The first-order chi connectivity index (χ1) is 19.9. The predicted molar refractivity (Wildman–Crippen MR) is 155 cm³/mol. The van der Waals surface area contributed by atoms with Crippen LogP contribution in [0.3, 0.4) is 0 Å². The van der Waals surface area contributed by atoms with Crippen molar-refractivity contribution in [3.8, 4) is 22.8 Å². The molecule has 5 aromatic rings. The van der Waals surface area contributed by atoms with Gasteiger partial charge in [0.1, 0.15) is 29.1 Å². The van der Waals surface area contributed by atoms with Gasteiger partial charge in [-0.15, -0.1) is 0 Å². The Hall–Kier alpha value is -4.64. The molecule has 2 fully saturated rings. The Morgan fingerprint density at radius 3 is 2.66 bits per heavy atom. The number of piperazine rings is 1. The van der Waals surface area contributed by atoms with Crippen molar-refractivity contribution in [1.29, 1.82) is 0 Å². The van der Waals surface area contributed by atoms with Crippen molar-refractivity contribution in [1.82, 2.24) is 34.2 Å². The van der Waals surface area contributed by atoms with E-state index in [1.54, 1.807) is 6.20 Å². The maximum atomic E-state index is 13.5. The highest BCUT2D eigenvalue weighted by Crippen LogP contribution is 2.34. The standard InChI is InChI=1S/C30H31N9O2/c1-18-14-33-24-11-6-19(15-38(18)24)26-28(30-32-12-13-41-30)36-29(31)27(35-26)23(40)10-7-20-4-3-5-25(34-20)39-21-8-9-22(39)17-37(2)16-21/h3-6,11-15,21-22H,7-10,16-17H2,1-2H3,(H2,31,36)/t21-,22+. The molecule has 11 heteroatoms. The van der Waals surface area contributed by atoms with E-state index in [1.165, 1.54) is 25.3 Å². The van der Waals surface area contributed by atoms with E-state index in [0.717, 1.165) is 41.5 Å². The van der Waals surface area contributed by atoms with Gasteiger partial charge in [0.25, 0.3) is 0 Å². The molecular weight excluding hydrogens is 518 g/mol. The first kappa shape index (κ1) is 25.3. The third-order valence-electron chi connectivity index (χ3n) is 8.12. The van der Waals surface area contributed by atoms with Crippen molar-refractivity contribution in [2.75, 3.05) is 30.8 Å². The van der Waals surface area contributed by atoms with E-state index >= 15 is 0 Å². The molecule has 5 aromatic heterocycles. The van der Waals surface area contributed by atoms with Crippen LogP contribution in [0.2, 0.25) is 0 Å².